The van der Waals surface area contributed by atoms with Crippen molar-refractivity contribution in [3.05, 3.63) is 51.5 Å². The lowest BCUT2D eigenvalue weighted by molar-refractivity contribution is 0.107. The van der Waals surface area contributed by atoms with Gasteiger partial charge in [-0.05, 0) is 49.6 Å². The van der Waals surface area contributed by atoms with Crippen LogP contribution in [0.5, 0.6) is 17.2 Å². The van der Waals surface area contributed by atoms with E-state index in [0.717, 1.165) is 63.1 Å². The first-order chi connectivity index (χ1) is 16.4. The first kappa shape index (κ1) is 23.4. The number of fused-ring (bicyclic) bond motifs is 1. The van der Waals surface area contributed by atoms with E-state index in [1.165, 1.54) is 0 Å². The second-order valence-corrected chi connectivity index (χ2v) is 10.2. The Hall–Kier alpha value is -2.35. The minimum absolute atomic E-state index is 0.0401. The fourth-order valence-electron chi connectivity index (χ4n) is 5.35. The largest absolute Gasteiger partial charge is 0.496 e. The molecule has 34 heavy (non-hydrogen) atoms. The van der Waals surface area contributed by atoms with Gasteiger partial charge in [0.2, 0.25) is 6.79 Å². The summed E-state index contributed by atoms with van der Waals surface area (Å²) in [6.07, 6.45) is 3.25. The molecule has 2 amide bonds. The van der Waals surface area contributed by atoms with Gasteiger partial charge in [0.1, 0.15) is 5.75 Å². The summed E-state index contributed by atoms with van der Waals surface area (Å²) in [5, 5.41) is 4.24. The number of hydrogen-bond acceptors (Lipinski definition) is 5. The molecular weight excluding hydrogens is 477 g/mol. The van der Waals surface area contributed by atoms with Gasteiger partial charge in [-0.3, -0.25) is 4.90 Å². The molecule has 2 saturated heterocycles. The summed E-state index contributed by atoms with van der Waals surface area (Å²) in [6, 6.07) is 9.47. The molecule has 1 N–H and O–H groups in total. The van der Waals surface area contributed by atoms with Crippen molar-refractivity contribution in [3.63, 3.8) is 0 Å². The molecule has 2 fully saturated rings. The highest BCUT2D eigenvalue weighted by Gasteiger charge is 2.42. The maximum Gasteiger partial charge on any atom is 0.317 e. The van der Waals surface area contributed by atoms with Crippen LogP contribution in [0.1, 0.15) is 30.4 Å². The van der Waals surface area contributed by atoms with Crippen molar-refractivity contribution >= 4 is 29.2 Å². The molecule has 0 saturated carbocycles. The number of urea groups is 1. The van der Waals surface area contributed by atoms with Crippen molar-refractivity contribution in [2.45, 2.75) is 32.4 Å². The number of nitrogens with zero attached hydrogens (tertiary/aromatic N) is 2. The lowest BCUT2D eigenvalue weighted by Gasteiger charge is -2.40. The average Bonchev–Trinajstić information content (AvgIpc) is 3.45. The van der Waals surface area contributed by atoms with E-state index in [1.54, 1.807) is 13.2 Å². The highest BCUT2D eigenvalue weighted by Crippen LogP contribution is 2.40. The third kappa shape index (κ3) is 4.88. The van der Waals surface area contributed by atoms with Crippen molar-refractivity contribution in [2.24, 2.45) is 5.41 Å². The van der Waals surface area contributed by atoms with Crippen LogP contribution in [0.3, 0.4) is 0 Å². The molecule has 1 unspecified atom stereocenters. The molecule has 3 heterocycles. The van der Waals surface area contributed by atoms with E-state index in [0.29, 0.717) is 33.8 Å². The number of methoxy groups -OCH3 is 1. The zero-order chi connectivity index (χ0) is 23.7. The summed E-state index contributed by atoms with van der Waals surface area (Å²) in [4.78, 5) is 17.5. The molecule has 2 aromatic rings. The first-order valence-corrected chi connectivity index (χ1v) is 12.4. The van der Waals surface area contributed by atoms with Crippen LogP contribution in [0, 0.1) is 5.41 Å². The topological polar surface area (TPSA) is 63.3 Å². The Kier molecular flexibility index (Phi) is 6.69. The molecule has 0 radical (unpaired) electrons. The molecule has 0 aromatic heterocycles. The molecule has 1 atom stereocenters. The maximum absolute atomic E-state index is 13.1. The average molecular weight is 506 g/mol. The standard InChI is InChI=1S/C25H29Cl2N3O4/c1-32-21-11-23-22(33-16-34-23)10-18(21)12-28-24(31)30-7-2-5-25(15-30)6-8-29(14-25)13-17-3-4-19(26)20(27)9-17/h3-4,9-11H,2,5-8,12-16H2,1H3,(H,28,31). The van der Waals surface area contributed by atoms with Crippen LogP contribution in [0.15, 0.2) is 30.3 Å². The maximum atomic E-state index is 13.1. The zero-order valence-electron chi connectivity index (χ0n) is 19.2. The fraction of sp³-hybridized carbons (Fsp3) is 0.480. The van der Waals surface area contributed by atoms with E-state index in [-0.39, 0.29) is 18.2 Å². The minimum Gasteiger partial charge on any atom is -0.496 e. The van der Waals surface area contributed by atoms with E-state index in [2.05, 4.69) is 10.2 Å². The number of hydrogen-bond donors (Lipinski definition) is 1. The Morgan fingerprint density at radius 2 is 1.91 bits per heavy atom. The molecule has 3 aliphatic heterocycles. The van der Waals surface area contributed by atoms with E-state index in [4.69, 9.17) is 37.4 Å². The van der Waals surface area contributed by atoms with Gasteiger partial charge < -0.3 is 24.4 Å². The van der Waals surface area contributed by atoms with Crippen molar-refractivity contribution in [1.82, 2.24) is 15.1 Å². The molecule has 3 aliphatic rings. The second kappa shape index (κ2) is 9.72. The van der Waals surface area contributed by atoms with E-state index < -0.39 is 0 Å². The van der Waals surface area contributed by atoms with Crippen molar-refractivity contribution < 1.29 is 19.0 Å². The van der Waals surface area contributed by atoms with Crippen molar-refractivity contribution in [3.8, 4) is 17.2 Å². The molecule has 0 aliphatic carbocycles. The van der Waals surface area contributed by atoms with Gasteiger partial charge in [0.05, 0.1) is 17.2 Å². The number of carbonyl (C=O) groups excluding carboxylic acids is 1. The van der Waals surface area contributed by atoms with Gasteiger partial charge in [0, 0.05) is 49.8 Å². The van der Waals surface area contributed by atoms with Crippen LogP contribution in [-0.4, -0.2) is 55.9 Å². The predicted octanol–water partition coefficient (Wildman–Crippen LogP) is 4.93. The van der Waals surface area contributed by atoms with Gasteiger partial charge in [0.25, 0.3) is 0 Å². The van der Waals surface area contributed by atoms with Gasteiger partial charge in [-0.15, -0.1) is 0 Å². The summed E-state index contributed by atoms with van der Waals surface area (Å²) >= 11 is 12.3. The number of carbonyl (C=O) groups is 1. The third-order valence-electron chi connectivity index (χ3n) is 7.06. The van der Waals surface area contributed by atoms with Gasteiger partial charge >= 0.3 is 6.03 Å². The number of rotatable bonds is 5. The van der Waals surface area contributed by atoms with Crippen molar-refractivity contribution in [2.75, 3.05) is 40.1 Å². The molecule has 5 rings (SSSR count). The fourth-order valence-corrected chi connectivity index (χ4v) is 5.67. The first-order valence-electron chi connectivity index (χ1n) is 11.6. The summed E-state index contributed by atoms with van der Waals surface area (Å²) in [5.74, 6) is 2.01. The quantitative estimate of drug-likeness (QED) is 0.624. The smallest absolute Gasteiger partial charge is 0.317 e. The van der Waals surface area contributed by atoms with Crippen LogP contribution in [0.25, 0.3) is 0 Å². The van der Waals surface area contributed by atoms with Crippen LogP contribution in [0.2, 0.25) is 10.0 Å². The van der Waals surface area contributed by atoms with E-state index in [9.17, 15) is 4.79 Å². The molecular formula is C25H29Cl2N3O4. The van der Waals surface area contributed by atoms with Gasteiger partial charge in [-0.2, -0.15) is 0 Å². The SMILES string of the molecule is COc1cc2c(cc1CNC(=O)N1CCCC3(CCN(Cc4ccc(Cl)c(Cl)c4)C3)C1)OCO2. The van der Waals surface area contributed by atoms with E-state index >= 15 is 0 Å². The van der Waals surface area contributed by atoms with Gasteiger partial charge in [-0.1, -0.05) is 29.3 Å². The summed E-state index contributed by atoms with van der Waals surface area (Å²) in [5.41, 5.74) is 2.16. The number of ether oxygens (including phenoxy) is 3. The Morgan fingerprint density at radius 3 is 2.71 bits per heavy atom. The molecule has 0 bridgehead atoms. The number of benzene rings is 2. The minimum atomic E-state index is -0.0401. The molecule has 182 valence electrons. The molecule has 1 spiro atoms. The Labute approximate surface area is 209 Å². The Bertz CT molecular complexity index is 1080. The predicted molar refractivity (Wildman–Crippen MR) is 131 cm³/mol. The van der Waals surface area contributed by atoms with Crippen LogP contribution in [0.4, 0.5) is 4.79 Å². The van der Waals surface area contributed by atoms with Crippen LogP contribution in [-0.2, 0) is 13.1 Å². The number of piperidine rings is 1. The lowest BCUT2D eigenvalue weighted by Crippen LogP contribution is -2.50. The molecule has 2 aromatic carbocycles. The molecule has 7 nitrogen and oxygen atoms in total. The van der Waals surface area contributed by atoms with Gasteiger partial charge in [0.15, 0.2) is 11.5 Å². The second-order valence-electron chi connectivity index (χ2n) is 9.41. The van der Waals surface area contributed by atoms with Gasteiger partial charge in [-0.25, -0.2) is 4.79 Å². The lowest BCUT2D eigenvalue weighted by atomic mass is 9.79. The monoisotopic (exact) mass is 505 g/mol. The normalized spacial score (nSPS) is 21.8. The third-order valence-corrected chi connectivity index (χ3v) is 7.80. The Morgan fingerprint density at radius 1 is 1.09 bits per heavy atom. The number of halogens is 2. The number of nitrogens with one attached hydrogen (secondary N) is 1. The highest BCUT2D eigenvalue weighted by atomic mass is 35.5. The summed E-state index contributed by atoms with van der Waals surface area (Å²) < 4.78 is 16.4. The van der Waals surface area contributed by atoms with Crippen LogP contribution >= 0.6 is 23.2 Å². The number of likely N-dealkylation sites (tertiary alicyclic amines) is 2. The summed E-state index contributed by atoms with van der Waals surface area (Å²) in [6.45, 7) is 4.96. The summed E-state index contributed by atoms with van der Waals surface area (Å²) in [7, 11) is 1.61. The zero-order valence-corrected chi connectivity index (χ0v) is 20.8. The number of amides is 2. The van der Waals surface area contributed by atoms with Crippen molar-refractivity contribution in [1.29, 1.82) is 0 Å². The van der Waals surface area contributed by atoms with E-state index in [1.807, 2.05) is 29.2 Å². The Balaban J connectivity index is 1.18. The molecule has 9 heteroatoms. The highest BCUT2D eigenvalue weighted by molar-refractivity contribution is 6.42. The van der Waals surface area contributed by atoms with Crippen LogP contribution < -0.4 is 19.5 Å².